The first-order valence-corrected chi connectivity index (χ1v) is 9.01. The van der Waals surface area contributed by atoms with Crippen molar-refractivity contribution in [2.45, 2.75) is 38.8 Å². The highest BCUT2D eigenvalue weighted by atomic mass is 35.5. The number of carbonyl (C=O) groups excluding carboxylic acids is 2. The van der Waals surface area contributed by atoms with Crippen LogP contribution >= 0.6 is 12.4 Å². The smallest absolute Gasteiger partial charge is 0.239 e. The Morgan fingerprint density at radius 1 is 1.22 bits per heavy atom. The molecule has 1 atom stereocenters. The molecule has 27 heavy (non-hydrogen) atoms. The third-order valence-corrected chi connectivity index (χ3v) is 5.64. The van der Waals surface area contributed by atoms with Gasteiger partial charge in [0.05, 0.1) is 6.04 Å². The fraction of sp³-hybridized carbons (Fsp3) is 0.579. The van der Waals surface area contributed by atoms with Crippen LogP contribution in [0.15, 0.2) is 18.2 Å². The van der Waals surface area contributed by atoms with Crippen LogP contribution in [0, 0.1) is 17.0 Å². The van der Waals surface area contributed by atoms with Crippen LogP contribution in [-0.2, 0) is 16.1 Å². The first-order chi connectivity index (χ1) is 12.3. The van der Waals surface area contributed by atoms with Crippen LogP contribution in [0.4, 0.5) is 8.78 Å². The Balaban J connectivity index is 0.00000261. The Hall–Kier alpha value is -1.73. The number of piperidine rings is 1. The Morgan fingerprint density at radius 2 is 1.81 bits per heavy atom. The summed E-state index contributed by atoms with van der Waals surface area (Å²) in [5.41, 5.74) is 0.325. The average molecular weight is 402 g/mol. The van der Waals surface area contributed by atoms with Crippen molar-refractivity contribution in [1.29, 1.82) is 0 Å². The van der Waals surface area contributed by atoms with Crippen molar-refractivity contribution in [2.24, 2.45) is 5.41 Å². The standard InChI is InChI=1S/C19H25F2N3O2.ClH/c1-13(22-2)18(26)23-5-3-19(4-6-23)10-17(25)24(12-19)11-14-7-15(20)9-16(21)8-14;/h7-9,13,22H,3-6,10-12H2,1-2H3;1H/t13-;/m0./s1. The molecule has 0 aliphatic carbocycles. The van der Waals surface area contributed by atoms with Gasteiger partial charge in [0.2, 0.25) is 11.8 Å². The maximum atomic E-state index is 13.4. The van der Waals surface area contributed by atoms with Crippen LogP contribution in [0.25, 0.3) is 0 Å². The number of carbonyl (C=O) groups is 2. The molecular formula is C19H26ClF2N3O2. The van der Waals surface area contributed by atoms with Crippen molar-refractivity contribution in [3.05, 3.63) is 35.4 Å². The van der Waals surface area contributed by atoms with Crippen LogP contribution in [-0.4, -0.2) is 54.3 Å². The van der Waals surface area contributed by atoms with Crippen molar-refractivity contribution >= 4 is 24.2 Å². The Kier molecular flexibility index (Phi) is 6.81. The molecule has 5 nitrogen and oxygen atoms in total. The normalized spacial score (nSPS) is 19.9. The van der Waals surface area contributed by atoms with Crippen LogP contribution in [0.3, 0.4) is 0 Å². The molecule has 0 radical (unpaired) electrons. The molecule has 1 aromatic carbocycles. The number of amides is 2. The minimum atomic E-state index is -0.633. The fourth-order valence-electron chi connectivity index (χ4n) is 3.98. The van der Waals surface area contributed by atoms with Crippen molar-refractivity contribution in [1.82, 2.24) is 15.1 Å². The van der Waals surface area contributed by atoms with E-state index in [2.05, 4.69) is 5.32 Å². The molecule has 2 aliphatic rings. The molecule has 3 rings (SSSR count). The number of rotatable bonds is 4. The lowest BCUT2D eigenvalue weighted by atomic mass is 9.77. The molecule has 2 fully saturated rings. The quantitative estimate of drug-likeness (QED) is 0.842. The van der Waals surface area contributed by atoms with E-state index in [0.717, 1.165) is 18.9 Å². The lowest BCUT2D eigenvalue weighted by molar-refractivity contribution is -0.135. The number of benzene rings is 1. The maximum Gasteiger partial charge on any atom is 0.239 e. The second-order valence-electron chi connectivity index (χ2n) is 7.54. The van der Waals surface area contributed by atoms with E-state index in [-0.39, 0.29) is 42.2 Å². The first kappa shape index (κ1) is 21.6. The highest BCUT2D eigenvalue weighted by Gasteiger charge is 2.45. The summed E-state index contributed by atoms with van der Waals surface area (Å²) in [6.07, 6.45) is 1.98. The highest BCUT2D eigenvalue weighted by Crippen LogP contribution is 2.41. The Labute approximate surface area is 164 Å². The second-order valence-corrected chi connectivity index (χ2v) is 7.54. The van der Waals surface area contributed by atoms with Crippen LogP contribution in [0.2, 0.25) is 0 Å². The largest absolute Gasteiger partial charge is 0.341 e. The molecule has 2 heterocycles. The van der Waals surface area contributed by atoms with Crippen molar-refractivity contribution < 1.29 is 18.4 Å². The predicted molar refractivity (Wildman–Crippen MR) is 100 cm³/mol. The molecule has 0 saturated carbocycles. The zero-order valence-electron chi connectivity index (χ0n) is 15.6. The average Bonchev–Trinajstić information content (AvgIpc) is 2.88. The number of likely N-dealkylation sites (N-methyl/N-ethyl adjacent to an activating group) is 1. The van der Waals surface area contributed by atoms with Crippen LogP contribution < -0.4 is 5.32 Å². The topological polar surface area (TPSA) is 52.7 Å². The maximum absolute atomic E-state index is 13.4. The third kappa shape index (κ3) is 4.76. The monoisotopic (exact) mass is 401 g/mol. The molecule has 8 heteroatoms. The van der Waals surface area contributed by atoms with Gasteiger partial charge in [-0.3, -0.25) is 9.59 Å². The third-order valence-electron chi connectivity index (χ3n) is 5.64. The molecule has 1 spiro atoms. The van der Waals surface area contributed by atoms with Gasteiger partial charge in [-0.15, -0.1) is 12.4 Å². The molecule has 150 valence electrons. The minimum Gasteiger partial charge on any atom is -0.341 e. The van der Waals surface area contributed by atoms with E-state index in [1.165, 1.54) is 12.1 Å². The summed E-state index contributed by atoms with van der Waals surface area (Å²) in [6, 6.07) is 3.15. The number of hydrogen-bond acceptors (Lipinski definition) is 3. The van der Waals surface area contributed by atoms with Gasteiger partial charge in [-0.2, -0.15) is 0 Å². The van der Waals surface area contributed by atoms with Crippen molar-refractivity contribution in [3.63, 3.8) is 0 Å². The van der Waals surface area contributed by atoms with Gasteiger partial charge in [-0.25, -0.2) is 8.78 Å². The van der Waals surface area contributed by atoms with Gasteiger partial charge in [0, 0.05) is 44.1 Å². The van der Waals surface area contributed by atoms with E-state index in [1.54, 1.807) is 11.9 Å². The molecule has 0 unspecified atom stereocenters. The lowest BCUT2D eigenvalue weighted by Gasteiger charge is -2.39. The number of nitrogens with one attached hydrogen (secondary N) is 1. The SMILES string of the molecule is CN[C@@H](C)C(=O)N1CCC2(CC1)CC(=O)N(Cc1cc(F)cc(F)c1)C2.Cl. The number of hydrogen-bond donors (Lipinski definition) is 1. The van der Waals surface area contributed by atoms with Gasteiger partial charge in [0.25, 0.3) is 0 Å². The second kappa shape index (κ2) is 8.52. The van der Waals surface area contributed by atoms with Gasteiger partial charge in [0.15, 0.2) is 0 Å². The van der Waals surface area contributed by atoms with Gasteiger partial charge in [0.1, 0.15) is 11.6 Å². The summed E-state index contributed by atoms with van der Waals surface area (Å²) >= 11 is 0. The van der Waals surface area contributed by atoms with E-state index in [0.29, 0.717) is 31.6 Å². The molecule has 2 saturated heterocycles. The van der Waals surface area contributed by atoms with Crippen LogP contribution in [0.5, 0.6) is 0 Å². The van der Waals surface area contributed by atoms with Gasteiger partial charge in [-0.05, 0) is 44.5 Å². The van der Waals surface area contributed by atoms with E-state index < -0.39 is 11.6 Å². The molecule has 2 amide bonds. The molecule has 0 aromatic heterocycles. The number of halogens is 3. The number of likely N-dealkylation sites (tertiary alicyclic amines) is 2. The van der Waals surface area contributed by atoms with Crippen LogP contribution in [0.1, 0.15) is 31.7 Å². The summed E-state index contributed by atoms with van der Waals surface area (Å²) in [4.78, 5) is 28.3. The van der Waals surface area contributed by atoms with E-state index in [1.807, 2.05) is 11.8 Å². The Bertz CT molecular complexity index is 688. The van der Waals surface area contributed by atoms with Gasteiger partial charge >= 0.3 is 0 Å². The predicted octanol–water partition coefficient (Wildman–Crippen LogP) is 2.34. The van der Waals surface area contributed by atoms with Gasteiger partial charge < -0.3 is 15.1 Å². The summed E-state index contributed by atoms with van der Waals surface area (Å²) < 4.78 is 26.7. The lowest BCUT2D eigenvalue weighted by Crippen LogP contribution is -2.49. The summed E-state index contributed by atoms with van der Waals surface area (Å²) in [5, 5.41) is 2.96. The molecule has 2 aliphatic heterocycles. The Morgan fingerprint density at radius 3 is 2.37 bits per heavy atom. The summed E-state index contributed by atoms with van der Waals surface area (Å²) in [6.45, 7) is 3.91. The van der Waals surface area contributed by atoms with Gasteiger partial charge in [-0.1, -0.05) is 0 Å². The molecule has 1 aromatic rings. The molecular weight excluding hydrogens is 376 g/mol. The summed E-state index contributed by atoms with van der Waals surface area (Å²) in [5.74, 6) is -1.17. The molecule has 0 bridgehead atoms. The highest BCUT2D eigenvalue weighted by molar-refractivity contribution is 5.85. The first-order valence-electron chi connectivity index (χ1n) is 9.01. The molecule has 1 N–H and O–H groups in total. The minimum absolute atomic E-state index is 0. The van der Waals surface area contributed by atoms with E-state index in [4.69, 9.17) is 0 Å². The fourth-order valence-corrected chi connectivity index (χ4v) is 3.98. The zero-order chi connectivity index (χ0) is 18.9. The number of nitrogens with zero attached hydrogens (tertiary/aromatic N) is 2. The van der Waals surface area contributed by atoms with Crippen molar-refractivity contribution in [2.75, 3.05) is 26.7 Å². The zero-order valence-corrected chi connectivity index (χ0v) is 16.5. The van der Waals surface area contributed by atoms with E-state index >= 15 is 0 Å². The van der Waals surface area contributed by atoms with E-state index in [9.17, 15) is 18.4 Å². The summed E-state index contributed by atoms with van der Waals surface area (Å²) in [7, 11) is 1.76. The van der Waals surface area contributed by atoms with Crippen molar-refractivity contribution in [3.8, 4) is 0 Å².